The van der Waals surface area contributed by atoms with Crippen molar-refractivity contribution in [2.45, 2.75) is 54.2 Å². The summed E-state index contributed by atoms with van der Waals surface area (Å²) in [5.41, 5.74) is 3.51. The van der Waals surface area contributed by atoms with Gasteiger partial charge in [0.2, 0.25) is 9.84 Å². The van der Waals surface area contributed by atoms with Crippen LogP contribution in [0.2, 0.25) is 0 Å². The molecule has 0 N–H and O–H groups in total. The summed E-state index contributed by atoms with van der Waals surface area (Å²) in [6.45, 7) is 1.94. The second-order valence-corrected chi connectivity index (χ2v) is 11.7. The smallest absolute Gasteiger partial charge is 0.206 e. The molecule has 0 saturated heterocycles. The first-order valence-corrected chi connectivity index (χ1v) is 14.2. The summed E-state index contributed by atoms with van der Waals surface area (Å²) >= 11 is 0. The zero-order valence-corrected chi connectivity index (χ0v) is 22.1. The van der Waals surface area contributed by atoms with E-state index in [1.165, 1.54) is 30.4 Å². The lowest BCUT2D eigenvalue weighted by Gasteiger charge is -2.39. The van der Waals surface area contributed by atoms with E-state index in [4.69, 9.17) is 9.47 Å². The highest BCUT2D eigenvalue weighted by molar-refractivity contribution is 7.91. The number of benzene rings is 4. The Kier molecular flexibility index (Phi) is 7.07. The average Bonchev–Trinajstić information content (AvgIpc) is 2.94. The monoisotopic (exact) mass is 512 g/mol. The zero-order valence-electron chi connectivity index (χ0n) is 21.3. The van der Waals surface area contributed by atoms with Crippen molar-refractivity contribution >= 4 is 9.84 Å². The summed E-state index contributed by atoms with van der Waals surface area (Å²) < 4.78 is 37.6. The fourth-order valence-corrected chi connectivity index (χ4v) is 6.60. The maximum Gasteiger partial charge on any atom is 0.206 e. The number of sulfone groups is 1. The lowest BCUT2D eigenvalue weighted by molar-refractivity contribution is 0.344. The van der Waals surface area contributed by atoms with Gasteiger partial charge in [-0.2, -0.15) is 0 Å². The Labute approximate surface area is 219 Å². The second-order valence-electron chi connectivity index (χ2n) is 9.79. The Morgan fingerprint density at radius 1 is 0.649 bits per heavy atom. The highest BCUT2D eigenvalue weighted by atomic mass is 32.2. The van der Waals surface area contributed by atoms with Crippen molar-refractivity contribution in [1.82, 2.24) is 0 Å². The molecule has 1 fully saturated rings. The largest absolute Gasteiger partial charge is 0.497 e. The molecule has 0 aromatic heterocycles. The van der Waals surface area contributed by atoms with Gasteiger partial charge in [-0.3, -0.25) is 0 Å². The third kappa shape index (κ3) is 5.14. The summed E-state index contributed by atoms with van der Waals surface area (Å²) in [5, 5.41) is 0. The molecule has 4 aromatic carbocycles. The molecule has 37 heavy (non-hydrogen) atoms. The number of rotatable bonds is 7. The maximum atomic E-state index is 13.0. The zero-order chi connectivity index (χ0) is 25.9. The second kappa shape index (κ2) is 10.4. The van der Waals surface area contributed by atoms with Crippen molar-refractivity contribution in [3.8, 4) is 17.2 Å². The molecular formula is C32H32O4S. The molecule has 0 spiro atoms. The molecule has 0 bridgehead atoms. The topological polar surface area (TPSA) is 52.6 Å². The minimum atomic E-state index is -3.57. The predicted molar refractivity (Wildman–Crippen MR) is 146 cm³/mol. The normalized spacial score (nSPS) is 15.2. The average molecular weight is 513 g/mol. The molecule has 0 radical (unpaired) electrons. The van der Waals surface area contributed by atoms with Gasteiger partial charge in [-0.05, 0) is 91.6 Å². The highest BCUT2D eigenvalue weighted by Crippen LogP contribution is 2.46. The van der Waals surface area contributed by atoms with Crippen LogP contribution >= 0.6 is 0 Å². The van der Waals surface area contributed by atoms with Crippen LogP contribution in [0.15, 0.2) is 107 Å². The van der Waals surface area contributed by atoms with Gasteiger partial charge in [-0.15, -0.1) is 0 Å². The predicted octanol–water partition coefficient (Wildman–Crippen LogP) is 7.88. The van der Waals surface area contributed by atoms with Gasteiger partial charge in [0.15, 0.2) is 0 Å². The number of ether oxygens (including phenoxy) is 2. The van der Waals surface area contributed by atoms with Gasteiger partial charge < -0.3 is 9.47 Å². The van der Waals surface area contributed by atoms with E-state index in [1.807, 2.05) is 43.3 Å². The van der Waals surface area contributed by atoms with Crippen LogP contribution < -0.4 is 9.47 Å². The van der Waals surface area contributed by atoms with Gasteiger partial charge in [0.05, 0.1) is 16.9 Å². The highest BCUT2D eigenvalue weighted by Gasteiger charge is 2.36. The van der Waals surface area contributed by atoms with Crippen molar-refractivity contribution in [1.29, 1.82) is 0 Å². The number of aryl methyl sites for hydroxylation is 1. The SMILES string of the molecule is COc1ccc(C2(c3cccc(Oc4ccc(S(=O)(=O)c5ccc(C)cc5)cc4)c3)CCCCC2)cc1. The van der Waals surface area contributed by atoms with Crippen LogP contribution in [0.25, 0.3) is 0 Å². The molecule has 5 rings (SSSR count). The first kappa shape index (κ1) is 25.1. The number of hydrogen-bond acceptors (Lipinski definition) is 4. The Morgan fingerprint density at radius 3 is 1.86 bits per heavy atom. The third-order valence-corrected chi connectivity index (χ3v) is 9.22. The minimum Gasteiger partial charge on any atom is -0.497 e. The molecule has 5 heteroatoms. The van der Waals surface area contributed by atoms with Crippen molar-refractivity contribution in [2.75, 3.05) is 7.11 Å². The van der Waals surface area contributed by atoms with Gasteiger partial charge in [-0.1, -0.05) is 61.2 Å². The molecule has 1 aliphatic carbocycles. The van der Waals surface area contributed by atoms with Crippen LogP contribution in [0, 0.1) is 6.92 Å². The summed E-state index contributed by atoms with van der Waals surface area (Å²) in [6, 6.07) is 30.3. The number of methoxy groups -OCH3 is 1. The Hall–Kier alpha value is -3.57. The first-order chi connectivity index (χ1) is 17.9. The fourth-order valence-electron chi connectivity index (χ4n) is 5.34. The van der Waals surface area contributed by atoms with E-state index in [9.17, 15) is 8.42 Å². The Balaban J connectivity index is 1.40. The molecule has 4 aromatic rings. The van der Waals surface area contributed by atoms with Crippen LogP contribution in [0.4, 0.5) is 0 Å². The minimum absolute atomic E-state index is 0.0597. The maximum absolute atomic E-state index is 13.0. The van der Waals surface area contributed by atoms with Gasteiger partial charge >= 0.3 is 0 Å². The van der Waals surface area contributed by atoms with E-state index in [1.54, 1.807) is 43.5 Å². The lowest BCUT2D eigenvalue weighted by atomic mass is 9.65. The van der Waals surface area contributed by atoms with Gasteiger partial charge in [0, 0.05) is 5.41 Å². The van der Waals surface area contributed by atoms with Crippen molar-refractivity contribution in [3.63, 3.8) is 0 Å². The van der Waals surface area contributed by atoms with Crippen molar-refractivity contribution in [3.05, 3.63) is 114 Å². The van der Waals surface area contributed by atoms with Gasteiger partial charge in [0.25, 0.3) is 0 Å². The Bertz CT molecular complexity index is 1450. The van der Waals surface area contributed by atoms with Crippen LogP contribution in [-0.4, -0.2) is 15.5 Å². The molecule has 190 valence electrons. The third-order valence-electron chi connectivity index (χ3n) is 7.44. The fraction of sp³-hybridized carbons (Fsp3) is 0.250. The van der Waals surface area contributed by atoms with E-state index < -0.39 is 9.84 Å². The van der Waals surface area contributed by atoms with E-state index in [0.29, 0.717) is 5.75 Å². The molecule has 0 amide bonds. The molecule has 1 aliphatic rings. The molecule has 4 nitrogen and oxygen atoms in total. The van der Waals surface area contributed by atoms with E-state index in [2.05, 4.69) is 24.3 Å². The van der Waals surface area contributed by atoms with Gasteiger partial charge in [-0.25, -0.2) is 8.42 Å². The standard InChI is InChI=1S/C32H32O4S/c1-24-9-17-30(18-10-24)37(33,34)31-19-15-28(16-20-31)36-29-8-6-7-26(23-29)32(21-4-3-5-22-32)25-11-13-27(35-2)14-12-25/h6-20,23H,3-5,21-22H2,1-2H3. The first-order valence-electron chi connectivity index (χ1n) is 12.8. The Morgan fingerprint density at radius 2 is 1.24 bits per heavy atom. The van der Waals surface area contributed by atoms with Crippen LogP contribution in [0.1, 0.15) is 48.8 Å². The van der Waals surface area contributed by atoms with E-state index in [0.717, 1.165) is 29.9 Å². The van der Waals surface area contributed by atoms with E-state index in [-0.39, 0.29) is 15.2 Å². The number of hydrogen-bond donors (Lipinski definition) is 0. The summed E-state index contributed by atoms with van der Waals surface area (Å²) in [6.07, 6.45) is 5.82. The van der Waals surface area contributed by atoms with Crippen LogP contribution in [0.5, 0.6) is 17.2 Å². The quantitative estimate of drug-likeness (QED) is 0.253. The molecule has 0 aliphatic heterocycles. The molecule has 0 unspecified atom stereocenters. The summed E-state index contributed by atoms with van der Waals surface area (Å²) in [5.74, 6) is 2.20. The molecule has 0 heterocycles. The molecule has 0 atom stereocenters. The molecule has 1 saturated carbocycles. The van der Waals surface area contributed by atoms with Crippen LogP contribution in [-0.2, 0) is 15.3 Å². The summed E-state index contributed by atoms with van der Waals surface area (Å²) in [7, 11) is -1.88. The molecular weight excluding hydrogens is 480 g/mol. The van der Waals surface area contributed by atoms with Crippen molar-refractivity contribution in [2.24, 2.45) is 0 Å². The van der Waals surface area contributed by atoms with Crippen molar-refractivity contribution < 1.29 is 17.9 Å². The van der Waals surface area contributed by atoms with E-state index >= 15 is 0 Å². The van der Waals surface area contributed by atoms with Crippen LogP contribution in [0.3, 0.4) is 0 Å². The summed E-state index contributed by atoms with van der Waals surface area (Å²) in [4.78, 5) is 0.536. The van der Waals surface area contributed by atoms with Gasteiger partial charge in [0.1, 0.15) is 17.2 Å². The lowest BCUT2D eigenvalue weighted by Crippen LogP contribution is -2.30.